The van der Waals surface area contributed by atoms with Gasteiger partial charge in [0.05, 0.1) is 24.0 Å². The van der Waals surface area contributed by atoms with Crippen molar-refractivity contribution in [3.05, 3.63) is 11.1 Å². The lowest BCUT2D eigenvalue weighted by molar-refractivity contribution is -0.170. The largest absolute Gasteiger partial charge is 0.469 e. The molecule has 0 radical (unpaired) electrons. The van der Waals surface area contributed by atoms with Gasteiger partial charge in [-0.15, -0.1) is 0 Å². The van der Waals surface area contributed by atoms with Gasteiger partial charge in [-0.3, -0.25) is 9.59 Å². The van der Waals surface area contributed by atoms with Crippen LogP contribution in [0.4, 0.5) is 0 Å². The van der Waals surface area contributed by atoms with Crippen LogP contribution in [-0.4, -0.2) is 25.2 Å². The second-order valence-electron chi connectivity index (χ2n) is 3.37. The molecular weight excluding hydrogens is 208 g/mol. The van der Waals surface area contributed by atoms with Gasteiger partial charge >= 0.3 is 11.9 Å². The molecule has 0 aromatic rings. The monoisotopic (exact) mass is 216 g/mol. The van der Waals surface area contributed by atoms with E-state index < -0.39 is 17.9 Å². The van der Waals surface area contributed by atoms with Gasteiger partial charge in [0, 0.05) is 6.42 Å². The topological polar surface area (TPSA) is 52.6 Å². The standard InChI is InChI=1S/C9H9ClO4/c1-13-8(11)5-3-7-6(10)2-4(5)9(12)14-7/h2,4-5,7H,3H2,1H3/t4-,5+,7-/m0/s1. The Labute approximate surface area is 85.8 Å². The molecule has 0 unspecified atom stereocenters. The average molecular weight is 217 g/mol. The smallest absolute Gasteiger partial charge is 0.314 e. The molecule has 4 nitrogen and oxygen atoms in total. The Morgan fingerprint density at radius 2 is 2.43 bits per heavy atom. The third-order valence-corrected chi connectivity index (χ3v) is 2.95. The molecule has 76 valence electrons. The molecular formula is C9H9ClO4. The lowest BCUT2D eigenvalue weighted by Crippen LogP contribution is -2.45. The average Bonchev–Trinajstić information content (AvgIpc) is 2.18. The predicted molar refractivity (Wildman–Crippen MR) is 47.4 cm³/mol. The summed E-state index contributed by atoms with van der Waals surface area (Å²) in [5.41, 5.74) is 0. The Morgan fingerprint density at radius 1 is 1.71 bits per heavy atom. The zero-order chi connectivity index (χ0) is 10.3. The minimum atomic E-state index is -0.569. The first-order chi connectivity index (χ1) is 6.63. The van der Waals surface area contributed by atoms with E-state index in [4.69, 9.17) is 16.3 Å². The number of hydrogen-bond donors (Lipinski definition) is 0. The summed E-state index contributed by atoms with van der Waals surface area (Å²) in [5.74, 6) is -1.77. The first kappa shape index (κ1) is 9.52. The number of methoxy groups -OCH3 is 1. The minimum Gasteiger partial charge on any atom is -0.469 e. The van der Waals surface area contributed by atoms with Crippen molar-refractivity contribution in [2.45, 2.75) is 12.5 Å². The Bertz CT molecular complexity index is 323. The van der Waals surface area contributed by atoms with Crippen LogP contribution in [0.5, 0.6) is 0 Å². The molecule has 0 N–H and O–H groups in total. The summed E-state index contributed by atoms with van der Waals surface area (Å²) in [6.45, 7) is 0. The van der Waals surface area contributed by atoms with Gasteiger partial charge in [-0.2, -0.15) is 0 Å². The maximum atomic E-state index is 11.3. The number of hydrogen-bond acceptors (Lipinski definition) is 4. The van der Waals surface area contributed by atoms with Gasteiger partial charge in [0.25, 0.3) is 0 Å². The zero-order valence-electron chi connectivity index (χ0n) is 7.53. The van der Waals surface area contributed by atoms with Crippen LogP contribution in [0.2, 0.25) is 0 Å². The summed E-state index contributed by atoms with van der Waals surface area (Å²) in [6.07, 6.45) is 1.56. The molecule has 3 rings (SSSR count). The number of carbonyl (C=O) groups excluding carboxylic acids is 2. The van der Waals surface area contributed by atoms with E-state index in [2.05, 4.69) is 4.74 Å². The molecule has 2 heterocycles. The SMILES string of the molecule is COC(=O)[C@@H]1C[C@@H]2OC(=O)[C@H]1C=C2Cl. The van der Waals surface area contributed by atoms with E-state index >= 15 is 0 Å². The number of esters is 2. The van der Waals surface area contributed by atoms with Crippen molar-refractivity contribution in [1.82, 2.24) is 0 Å². The fraction of sp³-hybridized carbons (Fsp3) is 0.556. The number of halogens is 1. The van der Waals surface area contributed by atoms with Crippen LogP contribution in [0, 0.1) is 11.8 Å². The first-order valence-corrected chi connectivity index (χ1v) is 4.67. The van der Waals surface area contributed by atoms with Gasteiger partial charge < -0.3 is 9.47 Å². The molecule has 1 fully saturated rings. The number of rotatable bonds is 1. The number of carbonyl (C=O) groups is 2. The van der Waals surface area contributed by atoms with Crippen LogP contribution in [0.15, 0.2) is 11.1 Å². The van der Waals surface area contributed by atoms with Crippen LogP contribution in [0.1, 0.15) is 6.42 Å². The third kappa shape index (κ3) is 1.30. The Hall–Kier alpha value is -1.03. The molecule has 3 atom stereocenters. The Balaban J connectivity index is 2.27. The van der Waals surface area contributed by atoms with Crippen molar-refractivity contribution >= 4 is 23.5 Å². The molecule has 0 aromatic heterocycles. The highest BCUT2D eigenvalue weighted by Gasteiger charge is 2.46. The van der Waals surface area contributed by atoms with Crippen LogP contribution in [0.3, 0.4) is 0 Å². The zero-order valence-corrected chi connectivity index (χ0v) is 8.28. The van der Waals surface area contributed by atoms with E-state index in [0.29, 0.717) is 11.5 Å². The predicted octanol–water partition coefficient (Wildman–Crippen LogP) is 0.844. The van der Waals surface area contributed by atoms with E-state index in [0.717, 1.165) is 0 Å². The van der Waals surface area contributed by atoms with Crippen molar-refractivity contribution in [2.24, 2.45) is 11.8 Å². The first-order valence-electron chi connectivity index (χ1n) is 4.29. The highest BCUT2D eigenvalue weighted by Crippen LogP contribution is 2.39. The van der Waals surface area contributed by atoms with E-state index in [9.17, 15) is 9.59 Å². The van der Waals surface area contributed by atoms with Gasteiger partial charge in [-0.1, -0.05) is 17.7 Å². The Kier molecular flexibility index (Phi) is 2.23. The van der Waals surface area contributed by atoms with E-state index in [1.165, 1.54) is 7.11 Å². The van der Waals surface area contributed by atoms with Gasteiger partial charge in [0.1, 0.15) is 6.10 Å². The van der Waals surface area contributed by atoms with Crippen LogP contribution in [0.25, 0.3) is 0 Å². The van der Waals surface area contributed by atoms with Crippen molar-refractivity contribution < 1.29 is 19.1 Å². The van der Waals surface area contributed by atoms with Crippen molar-refractivity contribution in [1.29, 1.82) is 0 Å². The highest BCUT2D eigenvalue weighted by atomic mass is 35.5. The molecule has 0 saturated carbocycles. The normalized spacial score (nSPS) is 34.9. The third-order valence-electron chi connectivity index (χ3n) is 2.58. The van der Waals surface area contributed by atoms with E-state index in [1.807, 2.05) is 0 Å². The van der Waals surface area contributed by atoms with Crippen molar-refractivity contribution in [3.8, 4) is 0 Å². The molecule has 5 heteroatoms. The molecule has 0 spiro atoms. The van der Waals surface area contributed by atoms with Gasteiger partial charge in [0.2, 0.25) is 0 Å². The van der Waals surface area contributed by atoms with Crippen molar-refractivity contribution in [2.75, 3.05) is 7.11 Å². The summed E-state index contributed by atoms with van der Waals surface area (Å²) in [7, 11) is 1.31. The highest BCUT2D eigenvalue weighted by molar-refractivity contribution is 6.30. The number of fused-ring (bicyclic) bond motifs is 2. The fourth-order valence-electron chi connectivity index (χ4n) is 1.83. The molecule has 14 heavy (non-hydrogen) atoms. The summed E-state index contributed by atoms with van der Waals surface area (Å²) in [4.78, 5) is 22.6. The molecule has 1 aliphatic carbocycles. The quantitative estimate of drug-likeness (QED) is 0.610. The summed E-state index contributed by atoms with van der Waals surface area (Å²) < 4.78 is 9.58. The van der Waals surface area contributed by atoms with E-state index in [-0.39, 0.29) is 11.9 Å². The minimum absolute atomic E-state index is 0.378. The van der Waals surface area contributed by atoms with Gasteiger partial charge in [0.15, 0.2) is 0 Å². The number of ether oxygens (including phenoxy) is 2. The summed E-state index contributed by atoms with van der Waals surface area (Å²) in [5, 5.41) is 0.509. The summed E-state index contributed by atoms with van der Waals surface area (Å²) in [6, 6.07) is 0. The molecule has 2 bridgehead atoms. The second kappa shape index (κ2) is 3.28. The van der Waals surface area contributed by atoms with E-state index in [1.54, 1.807) is 6.08 Å². The van der Waals surface area contributed by atoms with Gasteiger partial charge in [-0.05, 0) is 0 Å². The summed E-state index contributed by atoms with van der Waals surface area (Å²) >= 11 is 5.82. The lowest BCUT2D eigenvalue weighted by atomic mass is 9.80. The van der Waals surface area contributed by atoms with Crippen molar-refractivity contribution in [3.63, 3.8) is 0 Å². The molecule has 2 aliphatic heterocycles. The van der Waals surface area contributed by atoms with Gasteiger partial charge in [-0.25, -0.2) is 0 Å². The lowest BCUT2D eigenvalue weighted by Gasteiger charge is -2.36. The molecule has 1 saturated heterocycles. The second-order valence-corrected chi connectivity index (χ2v) is 3.80. The van der Waals surface area contributed by atoms with Crippen LogP contribution < -0.4 is 0 Å². The maximum Gasteiger partial charge on any atom is 0.314 e. The molecule has 0 aromatic carbocycles. The Morgan fingerprint density at radius 3 is 3.00 bits per heavy atom. The molecule has 3 aliphatic rings. The van der Waals surface area contributed by atoms with Crippen LogP contribution in [-0.2, 0) is 19.1 Å². The maximum absolute atomic E-state index is 11.3. The van der Waals surface area contributed by atoms with Crippen LogP contribution >= 0.6 is 11.6 Å². The fourth-order valence-corrected chi connectivity index (χ4v) is 2.10. The molecule has 0 amide bonds.